The van der Waals surface area contributed by atoms with Crippen molar-refractivity contribution in [2.75, 3.05) is 13.1 Å². The number of likely N-dealkylation sites (tertiary alicyclic amines) is 1. The molecule has 3 rings (SSSR count). The number of benzene rings is 1. The van der Waals surface area contributed by atoms with Crippen LogP contribution in [0.4, 0.5) is 13.2 Å². The largest absolute Gasteiger partial charge is 0.417 e. The van der Waals surface area contributed by atoms with E-state index in [0.717, 1.165) is 10.9 Å². The Morgan fingerprint density at radius 1 is 1.22 bits per heavy atom. The molecule has 1 saturated heterocycles. The lowest BCUT2D eigenvalue weighted by Gasteiger charge is -2.39. The van der Waals surface area contributed by atoms with Gasteiger partial charge in [-0.1, -0.05) is 6.07 Å². The zero-order chi connectivity index (χ0) is 16.7. The number of carbonyl (C=O) groups excluding carboxylic acids is 1. The van der Waals surface area contributed by atoms with Crippen molar-refractivity contribution in [1.29, 1.82) is 0 Å². The van der Waals surface area contributed by atoms with Crippen LogP contribution in [0.1, 0.15) is 23.2 Å². The summed E-state index contributed by atoms with van der Waals surface area (Å²) in [5, 5.41) is 10.4. The summed E-state index contributed by atoms with van der Waals surface area (Å²) in [6.45, 7) is -0.250. The zero-order valence-electron chi connectivity index (χ0n) is 12.2. The van der Waals surface area contributed by atoms with Crippen molar-refractivity contribution in [2.45, 2.75) is 24.6 Å². The van der Waals surface area contributed by atoms with Crippen LogP contribution in [0, 0.1) is 0 Å². The number of aliphatic hydroxyl groups is 1. The Morgan fingerprint density at radius 3 is 2.57 bits per heavy atom. The molecule has 1 amide bonds. The highest BCUT2D eigenvalue weighted by molar-refractivity contribution is 5.98. The van der Waals surface area contributed by atoms with Crippen molar-refractivity contribution in [3.8, 4) is 0 Å². The molecule has 2 aromatic rings. The van der Waals surface area contributed by atoms with E-state index < -0.39 is 24.6 Å². The molecule has 0 spiro atoms. The van der Waals surface area contributed by atoms with Crippen molar-refractivity contribution in [3.05, 3.63) is 42.1 Å². The SMILES string of the molecule is O=C(c1ccc2ncccc2c1)N1CCC(O)(C(F)(F)F)CC1. The third kappa shape index (κ3) is 2.88. The van der Waals surface area contributed by atoms with Gasteiger partial charge in [0, 0.05) is 43.1 Å². The fraction of sp³-hybridized carbons (Fsp3) is 0.375. The number of piperidine rings is 1. The van der Waals surface area contributed by atoms with Crippen molar-refractivity contribution in [1.82, 2.24) is 9.88 Å². The first-order valence-electron chi connectivity index (χ1n) is 7.23. The number of nitrogens with zero attached hydrogens (tertiary/aromatic N) is 2. The average Bonchev–Trinajstić information content (AvgIpc) is 2.53. The minimum absolute atomic E-state index is 0.125. The lowest BCUT2D eigenvalue weighted by atomic mass is 9.90. The molecule has 0 bridgehead atoms. The van der Waals surface area contributed by atoms with E-state index in [9.17, 15) is 23.1 Å². The molecule has 1 aliphatic rings. The summed E-state index contributed by atoms with van der Waals surface area (Å²) in [5.41, 5.74) is -1.55. The van der Waals surface area contributed by atoms with Gasteiger partial charge in [-0.05, 0) is 24.3 Å². The molecule has 1 aliphatic heterocycles. The number of hydrogen-bond donors (Lipinski definition) is 1. The molecule has 1 N–H and O–H groups in total. The number of alkyl halides is 3. The van der Waals surface area contributed by atoms with Gasteiger partial charge in [0.15, 0.2) is 5.60 Å². The Kier molecular flexibility index (Phi) is 3.75. The number of hydrogen-bond acceptors (Lipinski definition) is 3. The second-order valence-electron chi connectivity index (χ2n) is 5.73. The van der Waals surface area contributed by atoms with Crippen LogP contribution >= 0.6 is 0 Å². The molecule has 7 heteroatoms. The molecule has 0 radical (unpaired) electrons. The van der Waals surface area contributed by atoms with Crippen LogP contribution < -0.4 is 0 Å². The van der Waals surface area contributed by atoms with Gasteiger partial charge in [-0.3, -0.25) is 9.78 Å². The highest BCUT2D eigenvalue weighted by atomic mass is 19.4. The van der Waals surface area contributed by atoms with E-state index >= 15 is 0 Å². The van der Waals surface area contributed by atoms with Crippen molar-refractivity contribution >= 4 is 16.8 Å². The van der Waals surface area contributed by atoms with E-state index in [4.69, 9.17) is 0 Å². The highest BCUT2D eigenvalue weighted by Crippen LogP contribution is 2.38. The van der Waals surface area contributed by atoms with Crippen LogP contribution in [-0.2, 0) is 0 Å². The van der Waals surface area contributed by atoms with Gasteiger partial charge in [-0.15, -0.1) is 0 Å². The second-order valence-corrected chi connectivity index (χ2v) is 5.73. The number of halogens is 3. The smallest absolute Gasteiger partial charge is 0.380 e. The average molecular weight is 324 g/mol. The van der Waals surface area contributed by atoms with Crippen molar-refractivity contribution in [2.24, 2.45) is 0 Å². The lowest BCUT2D eigenvalue weighted by molar-refractivity contribution is -0.271. The van der Waals surface area contributed by atoms with Gasteiger partial charge in [0.1, 0.15) is 0 Å². The van der Waals surface area contributed by atoms with Gasteiger partial charge in [-0.25, -0.2) is 0 Å². The fourth-order valence-electron chi connectivity index (χ4n) is 2.75. The minimum atomic E-state index is -4.67. The second kappa shape index (κ2) is 5.49. The summed E-state index contributed by atoms with van der Waals surface area (Å²) in [5.74, 6) is -0.333. The predicted octanol–water partition coefficient (Wildman–Crippen LogP) is 2.76. The van der Waals surface area contributed by atoms with Crippen LogP contribution in [-0.4, -0.2) is 45.8 Å². The number of fused-ring (bicyclic) bond motifs is 1. The first kappa shape index (κ1) is 15.7. The molecule has 1 aromatic heterocycles. The summed E-state index contributed by atoms with van der Waals surface area (Å²) >= 11 is 0. The molecular weight excluding hydrogens is 309 g/mol. The van der Waals surface area contributed by atoms with Crippen LogP contribution in [0.3, 0.4) is 0 Å². The van der Waals surface area contributed by atoms with Crippen molar-refractivity contribution in [3.63, 3.8) is 0 Å². The van der Waals surface area contributed by atoms with Gasteiger partial charge in [0.05, 0.1) is 5.52 Å². The lowest BCUT2D eigenvalue weighted by Crippen LogP contribution is -2.54. The molecular formula is C16H15F3N2O2. The monoisotopic (exact) mass is 324 g/mol. The maximum absolute atomic E-state index is 12.8. The first-order chi connectivity index (χ1) is 10.8. The number of amides is 1. The topological polar surface area (TPSA) is 53.4 Å². The fourth-order valence-corrected chi connectivity index (χ4v) is 2.75. The molecule has 1 aromatic carbocycles. The number of pyridine rings is 1. The molecule has 1 fully saturated rings. The predicted molar refractivity (Wildman–Crippen MR) is 77.9 cm³/mol. The van der Waals surface area contributed by atoms with Crippen LogP contribution in [0.15, 0.2) is 36.5 Å². The van der Waals surface area contributed by atoms with Crippen LogP contribution in [0.5, 0.6) is 0 Å². The quantitative estimate of drug-likeness (QED) is 0.877. The summed E-state index contributed by atoms with van der Waals surface area (Å²) in [6, 6.07) is 8.56. The zero-order valence-corrected chi connectivity index (χ0v) is 12.2. The Hall–Kier alpha value is -2.15. The van der Waals surface area contributed by atoms with Crippen LogP contribution in [0.25, 0.3) is 10.9 Å². The van der Waals surface area contributed by atoms with Gasteiger partial charge in [0.25, 0.3) is 5.91 Å². The normalized spacial score (nSPS) is 18.2. The molecule has 4 nitrogen and oxygen atoms in total. The third-order valence-corrected chi connectivity index (χ3v) is 4.26. The maximum Gasteiger partial charge on any atom is 0.417 e. The molecule has 23 heavy (non-hydrogen) atoms. The third-order valence-electron chi connectivity index (χ3n) is 4.26. The highest BCUT2D eigenvalue weighted by Gasteiger charge is 2.54. The summed E-state index contributed by atoms with van der Waals surface area (Å²) in [7, 11) is 0. The van der Waals surface area contributed by atoms with Gasteiger partial charge in [-0.2, -0.15) is 13.2 Å². The maximum atomic E-state index is 12.8. The molecule has 0 saturated carbocycles. The van der Waals surface area contributed by atoms with Crippen LogP contribution in [0.2, 0.25) is 0 Å². The van der Waals surface area contributed by atoms with E-state index in [0.29, 0.717) is 5.56 Å². The Morgan fingerprint density at radius 2 is 1.91 bits per heavy atom. The number of carbonyl (C=O) groups is 1. The standard InChI is InChI=1S/C16H15F3N2O2/c17-16(18,19)15(23)5-8-21(9-6-15)14(22)12-3-4-13-11(10-12)2-1-7-20-13/h1-4,7,10,23H,5-6,8-9H2. The Labute approximate surface area is 130 Å². The van der Waals surface area contributed by atoms with Gasteiger partial charge < -0.3 is 10.0 Å². The summed E-state index contributed by atoms with van der Waals surface area (Å²) in [6.07, 6.45) is -4.03. The van der Waals surface area contributed by atoms with Crippen molar-refractivity contribution < 1.29 is 23.1 Å². The molecule has 0 unspecified atom stereocenters. The Bertz CT molecular complexity index is 737. The van der Waals surface area contributed by atoms with E-state index in [2.05, 4.69) is 4.98 Å². The molecule has 2 heterocycles. The number of rotatable bonds is 1. The number of aromatic nitrogens is 1. The van der Waals surface area contributed by atoms with Gasteiger partial charge >= 0.3 is 6.18 Å². The minimum Gasteiger partial charge on any atom is -0.380 e. The molecule has 122 valence electrons. The van der Waals surface area contributed by atoms with E-state index in [1.54, 1.807) is 30.5 Å². The van der Waals surface area contributed by atoms with E-state index in [-0.39, 0.29) is 19.0 Å². The Balaban J connectivity index is 1.76. The first-order valence-corrected chi connectivity index (χ1v) is 7.23. The molecule has 0 aliphatic carbocycles. The summed E-state index contributed by atoms with van der Waals surface area (Å²) < 4.78 is 38.4. The summed E-state index contributed by atoms with van der Waals surface area (Å²) in [4.78, 5) is 17.9. The molecule has 0 atom stereocenters. The van der Waals surface area contributed by atoms with E-state index in [1.165, 1.54) is 4.90 Å². The van der Waals surface area contributed by atoms with E-state index in [1.807, 2.05) is 6.07 Å². The van der Waals surface area contributed by atoms with Gasteiger partial charge in [0.2, 0.25) is 0 Å².